The van der Waals surface area contributed by atoms with Crippen LogP contribution >= 0.6 is 11.8 Å². The lowest BCUT2D eigenvalue weighted by Crippen LogP contribution is -2.51. The molecule has 2 amide bonds. The second kappa shape index (κ2) is 12.0. The van der Waals surface area contributed by atoms with E-state index in [0.717, 1.165) is 18.4 Å². The van der Waals surface area contributed by atoms with E-state index < -0.39 is 23.1 Å². The summed E-state index contributed by atoms with van der Waals surface area (Å²) in [6.07, 6.45) is 4.15. The maximum atomic E-state index is 14.1. The van der Waals surface area contributed by atoms with Gasteiger partial charge in [-0.3, -0.25) is 9.59 Å². The molecule has 0 bridgehead atoms. The Hall–Kier alpha value is -4.01. The first kappa shape index (κ1) is 32.0. The highest BCUT2D eigenvalue weighted by molar-refractivity contribution is 8.00. The molecule has 0 radical (unpaired) electrons. The molecule has 1 saturated carbocycles. The fourth-order valence-corrected chi connectivity index (χ4v) is 6.61. The number of anilines is 2. The summed E-state index contributed by atoms with van der Waals surface area (Å²) in [5.74, 6) is 1.38. The molecule has 6 rings (SSSR count). The number of rotatable bonds is 7. The Bertz CT molecular complexity index is 1750. The zero-order valence-electron chi connectivity index (χ0n) is 26.1. The monoisotopic (exact) mass is 659 g/mol. The number of allylic oxidation sites excluding steroid dienone is 2. The van der Waals surface area contributed by atoms with Crippen molar-refractivity contribution in [2.24, 2.45) is 11.8 Å². The highest BCUT2D eigenvalue weighted by atomic mass is 32.2. The summed E-state index contributed by atoms with van der Waals surface area (Å²) in [4.78, 5) is 48.4. The second-order valence-electron chi connectivity index (χ2n) is 12.8. The number of hydrogen-bond donors (Lipinski definition) is 1. The molecule has 3 aromatic rings. The molecule has 3 heterocycles. The lowest BCUT2D eigenvalue weighted by molar-refractivity contribution is -0.116. The minimum absolute atomic E-state index is 0.00661. The van der Waals surface area contributed by atoms with Crippen LogP contribution in [0, 0.1) is 11.8 Å². The van der Waals surface area contributed by atoms with E-state index in [1.165, 1.54) is 28.8 Å². The smallest absolute Gasteiger partial charge is 0.444 e. The first-order chi connectivity index (χ1) is 21.7. The summed E-state index contributed by atoms with van der Waals surface area (Å²) in [6.45, 7) is 8.54. The summed E-state index contributed by atoms with van der Waals surface area (Å²) in [5, 5.41) is 7.37. The zero-order chi connectivity index (χ0) is 33.0. The Balaban J connectivity index is 1.31. The summed E-state index contributed by atoms with van der Waals surface area (Å²) in [6, 6.07) is 5.41. The Morgan fingerprint density at radius 2 is 1.78 bits per heavy atom. The molecular formula is C31H36F3N7O4S. The van der Waals surface area contributed by atoms with Gasteiger partial charge in [-0.05, 0) is 93.5 Å². The molecule has 2 aromatic heterocycles. The second-order valence-corrected chi connectivity index (χ2v) is 14.0. The average molecular weight is 660 g/mol. The number of benzene rings is 1. The van der Waals surface area contributed by atoms with Gasteiger partial charge in [-0.15, -0.1) is 5.10 Å². The van der Waals surface area contributed by atoms with Gasteiger partial charge in [0.25, 0.3) is 5.56 Å². The number of hydrogen-bond acceptors (Lipinski definition) is 8. The topological polar surface area (TPSA) is 114 Å². The van der Waals surface area contributed by atoms with Crippen LogP contribution in [0.25, 0.3) is 11.4 Å². The fraction of sp³-hybridized carbons (Fsp3) is 0.516. The molecule has 246 valence electrons. The van der Waals surface area contributed by atoms with Gasteiger partial charge in [-0.1, -0.05) is 13.0 Å². The number of carbonyl (C=O) groups excluding carboxylic acids is 2. The molecule has 2 atom stereocenters. The van der Waals surface area contributed by atoms with Crippen LogP contribution in [0.3, 0.4) is 0 Å². The van der Waals surface area contributed by atoms with Crippen molar-refractivity contribution in [3.63, 3.8) is 0 Å². The van der Waals surface area contributed by atoms with Gasteiger partial charge in [0.15, 0.2) is 5.82 Å². The number of halogens is 3. The van der Waals surface area contributed by atoms with Gasteiger partial charge in [0.2, 0.25) is 11.7 Å². The number of amides is 2. The zero-order valence-corrected chi connectivity index (χ0v) is 26.9. The summed E-state index contributed by atoms with van der Waals surface area (Å²) < 4.78 is 46.7. The van der Waals surface area contributed by atoms with Crippen molar-refractivity contribution in [3.8, 4) is 0 Å². The molecule has 2 aliphatic carbocycles. The maximum absolute atomic E-state index is 14.1. The number of alkyl halides is 3. The van der Waals surface area contributed by atoms with E-state index in [0.29, 0.717) is 67.3 Å². The summed E-state index contributed by atoms with van der Waals surface area (Å²) >= 11 is -0.229. The Morgan fingerprint density at radius 3 is 2.37 bits per heavy atom. The predicted octanol–water partition coefficient (Wildman–Crippen LogP) is 5.18. The lowest BCUT2D eigenvalue weighted by atomic mass is 10.2. The van der Waals surface area contributed by atoms with Crippen molar-refractivity contribution in [1.82, 2.24) is 24.1 Å². The van der Waals surface area contributed by atoms with E-state index in [-0.39, 0.29) is 34.5 Å². The van der Waals surface area contributed by atoms with Gasteiger partial charge in [0.05, 0.1) is 5.69 Å². The van der Waals surface area contributed by atoms with Crippen LogP contribution < -0.4 is 15.8 Å². The number of thioether (sulfide) groups is 1. The van der Waals surface area contributed by atoms with E-state index >= 15 is 0 Å². The molecule has 46 heavy (non-hydrogen) atoms. The highest BCUT2D eigenvalue weighted by Gasteiger charge is 2.42. The molecule has 1 aromatic carbocycles. The maximum Gasteiger partial charge on any atom is 0.446 e. The molecule has 1 N–H and O–H groups in total. The number of piperazine rings is 1. The molecule has 0 spiro atoms. The standard InChI is InChI=1S/C31H36F3N7O4S/c1-5-23-25(38-10-12-39(13-11-38)29(44)45-30(2,3)4)27(43)41-28(36-26(37-41)20-15-18-14-19(18)16-20)40(23)17-24(42)35-21-6-8-22(9-7-21)46-31(32,33)34/h6-9,15,18-19H,5,10-14,16-17H2,1-4H3,(H,35,42). The van der Waals surface area contributed by atoms with Crippen molar-refractivity contribution in [1.29, 1.82) is 0 Å². The fourth-order valence-electron chi connectivity index (χ4n) is 6.07. The van der Waals surface area contributed by atoms with Gasteiger partial charge >= 0.3 is 11.6 Å². The Kier molecular flexibility index (Phi) is 8.32. The van der Waals surface area contributed by atoms with E-state index in [9.17, 15) is 27.6 Å². The lowest BCUT2D eigenvalue weighted by Gasteiger charge is -2.37. The van der Waals surface area contributed by atoms with E-state index in [1.54, 1.807) is 9.47 Å². The van der Waals surface area contributed by atoms with Gasteiger partial charge in [-0.2, -0.15) is 22.7 Å². The average Bonchev–Trinajstić information content (AvgIpc) is 3.34. The van der Waals surface area contributed by atoms with Crippen molar-refractivity contribution >= 4 is 46.5 Å². The van der Waals surface area contributed by atoms with Crippen molar-refractivity contribution in [2.75, 3.05) is 36.4 Å². The minimum atomic E-state index is -4.41. The number of aromatic nitrogens is 4. The predicted molar refractivity (Wildman–Crippen MR) is 168 cm³/mol. The molecule has 2 fully saturated rings. The summed E-state index contributed by atoms with van der Waals surface area (Å²) in [5.41, 5.74) is -3.09. The third-order valence-corrected chi connectivity index (χ3v) is 8.98. The number of ether oxygens (including phenoxy) is 1. The first-order valence-corrected chi connectivity index (χ1v) is 16.1. The van der Waals surface area contributed by atoms with Gasteiger partial charge in [-0.25, -0.2) is 4.79 Å². The normalized spacial score (nSPS) is 19.7. The van der Waals surface area contributed by atoms with Gasteiger partial charge < -0.3 is 24.4 Å². The Labute approximate surface area is 267 Å². The number of carbonyl (C=O) groups is 2. The molecule has 3 aliphatic rings. The van der Waals surface area contributed by atoms with E-state index in [4.69, 9.17) is 9.72 Å². The molecule has 11 nitrogen and oxygen atoms in total. The van der Waals surface area contributed by atoms with Gasteiger partial charge in [0.1, 0.15) is 17.8 Å². The minimum Gasteiger partial charge on any atom is -0.444 e. The third kappa shape index (κ3) is 6.88. The van der Waals surface area contributed by atoms with Crippen LogP contribution in [0.1, 0.15) is 52.1 Å². The van der Waals surface area contributed by atoms with Gasteiger partial charge in [0, 0.05) is 36.8 Å². The molecule has 2 unspecified atom stereocenters. The van der Waals surface area contributed by atoms with E-state index in [2.05, 4.69) is 16.5 Å². The summed E-state index contributed by atoms with van der Waals surface area (Å²) in [7, 11) is 0. The van der Waals surface area contributed by atoms with Crippen molar-refractivity contribution in [3.05, 3.63) is 52.2 Å². The van der Waals surface area contributed by atoms with Crippen LogP contribution in [0.4, 0.5) is 29.3 Å². The molecular weight excluding hydrogens is 623 g/mol. The number of nitrogens with one attached hydrogen (secondary N) is 1. The SMILES string of the molecule is CCc1c(N2CCN(C(=O)OC(C)(C)C)CC2)c(=O)n2nc(C3=CC4CC4C3)nc2n1CC(=O)Nc1ccc(SC(F)(F)F)cc1. The van der Waals surface area contributed by atoms with Crippen LogP contribution in [0.5, 0.6) is 0 Å². The number of fused-ring (bicyclic) bond motifs is 2. The van der Waals surface area contributed by atoms with Crippen LogP contribution in [0.2, 0.25) is 0 Å². The van der Waals surface area contributed by atoms with Crippen LogP contribution in [0.15, 0.2) is 40.0 Å². The molecule has 1 aliphatic heterocycles. The van der Waals surface area contributed by atoms with E-state index in [1.807, 2.05) is 32.6 Å². The third-order valence-electron chi connectivity index (χ3n) is 8.24. The quantitative estimate of drug-likeness (QED) is 0.345. The first-order valence-electron chi connectivity index (χ1n) is 15.3. The largest absolute Gasteiger partial charge is 0.446 e. The number of nitrogens with zero attached hydrogens (tertiary/aromatic N) is 6. The molecule has 1 saturated heterocycles. The van der Waals surface area contributed by atoms with Crippen molar-refractivity contribution in [2.45, 2.75) is 69.5 Å². The van der Waals surface area contributed by atoms with Crippen LogP contribution in [-0.4, -0.2) is 73.4 Å². The Morgan fingerprint density at radius 1 is 1.09 bits per heavy atom. The van der Waals surface area contributed by atoms with Crippen molar-refractivity contribution < 1.29 is 27.5 Å². The highest BCUT2D eigenvalue weighted by Crippen LogP contribution is 2.52. The molecule has 15 heteroatoms. The van der Waals surface area contributed by atoms with Crippen LogP contribution in [-0.2, 0) is 22.5 Å².